The maximum atomic E-state index is 11.0. The molecule has 0 radical (unpaired) electrons. The minimum atomic E-state index is -0.399. The fourth-order valence-electron chi connectivity index (χ4n) is 1.67. The van der Waals surface area contributed by atoms with Gasteiger partial charge in [-0.2, -0.15) is 0 Å². The van der Waals surface area contributed by atoms with Gasteiger partial charge in [-0.25, -0.2) is 0 Å². The van der Waals surface area contributed by atoms with Crippen LogP contribution in [0, 0.1) is 16.0 Å². The van der Waals surface area contributed by atoms with Gasteiger partial charge in [0.15, 0.2) is 5.75 Å². The van der Waals surface area contributed by atoms with Gasteiger partial charge in [-0.3, -0.25) is 10.1 Å². The lowest BCUT2D eigenvalue weighted by molar-refractivity contribution is -0.386. The van der Waals surface area contributed by atoms with Gasteiger partial charge in [0.1, 0.15) is 0 Å². The van der Waals surface area contributed by atoms with Crippen LogP contribution >= 0.6 is 0 Å². The van der Waals surface area contributed by atoms with Crippen molar-refractivity contribution >= 4 is 5.69 Å². The maximum absolute atomic E-state index is 11.0. The number of nitrogens with one attached hydrogen (secondary N) is 1. The van der Waals surface area contributed by atoms with Crippen molar-refractivity contribution in [1.29, 1.82) is 0 Å². The van der Waals surface area contributed by atoms with Crippen LogP contribution in [0.2, 0.25) is 0 Å². The lowest BCUT2D eigenvalue weighted by Gasteiger charge is -2.11. The minimum absolute atomic E-state index is 0.0255. The average molecular weight is 266 g/mol. The maximum Gasteiger partial charge on any atom is 0.311 e. The Kier molecular flexibility index (Phi) is 5.76. The fraction of sp³-hybridized carbons (Fsp3) is 0.571. The van der Waals surface area contributed by atoms with Crippen LogP contribution in [-0.2, 0) is 6.54 Å². The molecule has 0 aliphatic carbocycles. The van der Waals surface area contributed by atoms with Gasteiger partial charge in [0.05, 0.1) is 11.0 Å². The van der Waals surface area contributed by atoms with Crippen LogP contribution in [0.5, 0.6) is 5.75 Å². The topological polar surface area (TPSA) is 64.4 Å². The number of hydrogen-bond acceptors (Lipinski definition) is 4. The molecule has 1 N–H and O–H groups in total. The van der Waals surface area contributed by atoms with E-state index < -0.39 is 4.92 Å². The smallest absolute Gasteiger partial charge is 0.311 e. The molecule has 0 spiro atoms. The second-order valence-electron chi connectivity index (χ2n) is 5.25. The van der Waals surface area contributed by atoms with Crippen molar-refractivity contribution in [1.82, 2.24) is 5.32 Å². The highest BCUT2D eigenvalue weighted by Gasteiger charge is 2.16. The number of nitro groups is 1. The zero-order valence-electron chi connectivity index (χ0n) is 12.0. The first-order chi connectivity index (χ1) is 8.90. The van der Waals surface area contributed by atoms with Gasteiger partial charge in [0, 0.05) is 12.6 Å². The van der Waals surface area contributed by atoms with Crippen molar-refractivity contribution in [2.45, 2.75) is 40.3 Å². The molecule has 0 aromatic heterocycles. The lowest BCUT2D eigenvalue weighted by Crippen LogP contribution is -2.19. The number of hydrogen-bond donors (Lipinski definition) is 1. The molecular formula is C14H22N2O3. The number of nitrogens with zero attached hydrogens (tertiary/aromatic N) is 1. The largest absolute Gasteiger partial charge is 0.484 e. The van der Waals surface area contributed by atoms with Gasteiger partial charge < -0.3 is 10.1 Å². The molecule has 5 heteroatoms. The third-order valence-corrected chi connectivity index (χ3v) is 2.46. The average Bonchev–Trinajstić information content (AvgIpc) is 2.29. The Morgan fingerprint density at radius 3 is 2.53 bits per heavy atom. The molecule has 106 valence electrons. The first-order valence-electron chi connectivity index (χ1n) is 6.54. The molecule has 0 heterocycles. The summed E-state index contributed by atoms with van der Waals surface area (Å²) in [5, 5.41) is 14.3. The molecule has 0 saturated carbocycles. The van der Waals surface area contributed by atoms with E-state index in [1.54, 1.807) is 12.1 Å². The van der Waals surface area contributed by atoms with Crippen LogP contribution in [0.3, 0.4) is 0 Å². The van der Waals surface area contributed by atoms with Crippen LogP contribution < -0.4 is 10.1 Å². The van der Waals surface area contributed by atoms with Crippen LogP contribution in [0.4, 0.5) is 5.69 Å². The summed E-state index contributed by atoms with van der Waals surface area (Å²) in [5.74, 6) is 0.881. The monoisotopic (exact) mass is 266 g/mol. The summed E-state index contributed by atoms with van der Waals surface area (Å²) in [7, 11) is 0. The Balaban J connectivity index is 2.81. The summed E-state index contributed by atoms with van der Waals surface area (Å²) in [6.07, 6.45) is -0.0800. The normalized spacial score (nSPS) is 11.1. The molecule has 0 aliphatic rings. The number of nitro benzene ring substituents is 1. The zero-order chi connectivity index (χ0) is 14.4. The molecule has 5 nitrogen and oxygen atoms in total. The first kappa shape index (κ1) is 15.4. The molecule has 1 aromatic rings. The molecular weight excluding hydrogens is 244 g/mol. The van der Waals surface area contributed by atoms with E-state index >= 15 is 0 Å². The third-order valence-electron chi connectivity index (χ3n) is 2.46. The van der Waals surface area contributed by atoms with Crippen molar-refractivity contribution in [3.8, 4) is 5.75 Å². The lowest BCUT2D eigenvalue weighted by atomic mass is 10.1. The van der Waals surface area contributed by atoms with Gasteiger partial charge >= 0.3 is 5.69 Å². The van der Waals surface area contributed by atoms with E-state index in [0.717, 1.165) is 12.1 Å². The fourth-order valence-corrected chi connectivity index (χ4v) is 1.67. The van der Waals surface area contributed by atoms with Gasteiger partial charge in [-0.05, 0) is 37.9 Å². The van der Waals surface area contributed by atoms with E-state index in [-0.39, 0.29) is 11.8 Å². The molecule has 19 heavy (non-hydrogen) atoms. The van der Waals surface area contributed by atoms with Gasteiger partial charge in [-0.15, -0.1) is 0 Å². The van der Waals surface area contributed by atoms with Crippen LogP contribution in [0.15, 0.2) is 18.2 Å². The SMILES string of the molecule is CC(C)CNCc1ccc(OC(C)C)c([N+](=O)[O-])c1. The molecule has 0 bridgehead atoms. The van der Waals surface area contributed by atoms with Crippen molar-refractivity contribution in [2.24, 2.45) is 5.92 Å². The predicted molar refractivity (Wildman–Crippen MR) is 75.4 cm³/mol. The van der Waals surface area contributed by atoms with Crippen molar-refractivity contribution in [3.63, 3.8) is 0 Å². The second kappa shape index (κ2) is 7.09. The Labute approximate surface area is 114 Å². The molecule has 0 aliphatic heterocycles. The van der Waals surface area contributed by atoms with Crippen molar-refractivity contribution in [2.75, 3.05) is 6.54 Å². The minimum Gasteiger partial charge on any atom is -0.484 e. The third kappa shape index (κ3) is 5.26. The van der Waals surface area contributed by atoms with Crippen LogP contribution in [-0.4, -0.2) is 17.6 Å². The Bertz CT molecular complexity index is 431. The number of rotatable bonds is 7. The zero-order valence-corrected chi connectivity index (χ0v) is 12.0. The Morgan fingerprint density at radius 2 is 2.00 bits per heavy atom. The summed E-state index contributed by atoms with van der Waals surface area (Å²) in [6.45, 7) is 9.45. The molecule has 0 atom stereocenters. The van der Waals surface area contributed by atoms with Crippen LogP contribution in [0.1, 0.15) is 33.3 Å². The molecule has 1 rings (SSSR count). The quantitative estimate of drug-likeness (QED) is 0.608. The predicted octanol–water partition coefficient (Wildman–Crippen LogP) is 3.13. The molecule has 1 aromatic carbocycles. The first-order valence-corrected chi connectivity index (χ1v) is 6.54. The van der Waals surface area contributed by atoms with Gasteiger partial charge in [0.2, 0.25) is 0 Å². The van der Waals surface area contributed by atoms with Gasteiger partial charge in [0.25, 0.3) is 0 Å². The Hall–Kier alpha value is -1.62. The van der Waals surface area contributed by atoms with Crippen molar-refractivity contribution < 1.29 is 9.66 Å². The van der Waals surface area contributed by atoms with E-state index in [1.165, 1.54) is 0 Å². The molecule has 0 saturated heterocycles. The van der Waals surface area contributed by atoms with E-state index in [1.807, 2.05) is 19.9 Å². The number of benzene rings is 1. The highest BCUT2D eigenvalue weighted by Crippen LogP contribution is 2.28. The summed E-state index contributed by atoms with van der Waals surface area (Å²) < 4.78 is 5.44. The highest BCUT2D eigenvalue weighted by atomic mass is 16.6. The summed E-state index contributed by atoms with van der Waals surface area (Å²) >= 11 is 0. The van der Waals surface area contributed by atoms with Gasteiger partial charge in [-0.1, -0.05) is 19.9 Å². The molecule has 0 amide bonds. The summed E-state index contributed by atoms with van der Waals surface area (Å²) in [4.78, 5) is 10.6. The second-order valence-corrected chi connectivity index (χ2v) is 5.25. The summed E-state index contributed by atoms with van der Waals surface area (Å²) in [6, 6.07) is 5.10. The standard InChI is InChI=1S/C14H22N2O3/c1-10(2)8-15-9-12-5-6-14(19-11(3)4)13(7-12)16(17)18/h5-7,10-11,15H,8-9H2,1-4H3. The van der Waals surface area contributed by atoms with E-state index in [2.05, 4.69) is 19.2 Å². The molecule has 0 unspecified atom stereocenters. The van der Waals surface area contributed by atoms with E-state index in [9.17, 15) is 10.1 Å². The summed E-state index contributed by atoms with van der Waals surface area (Å²) in [5.41, 5.74) is 0.918. The molecule has 0 fully saturated rings. The van der Waals surface area contributed by atoms with Crippen LogP contribution in [0.25, 0.3) is 0 Å². The number of ether oxygens (including phenoxy) is 1. The Morgan fingerprint density at radius 1 is 1.32 bits per heavy atom. The van der Waals surface area contributed by atoms with E-state index in [4.69, 9.17) is 4.74 Å². The highest BCUT2D eigenvalue weighted by molar-refractivity contribution is 5.48. The van der Waals surface area contributed by atoms with E-state index in [0.29, 0.717) is 18.2 Å². The van der Waals surface area contributed by atoms with Crippen molar-refractivity contribution in [3.05, 3.63) is 33.9 Å².